The van der Waals surface area contributed by atoms with Crippen LogP contribution in [-0.4, -0.2) is 12.5 Å². The Labute approximate surface area is 130 Å². The van der Waals surface area contributed by atoms with E-state index in [2.05, 4.69) is 37.0 Å². The molecule has 4 heteroatoms. The first-order valence-corrected chi connectivity index (χ1v) is 7.36. The lowest BCUT2D eigenvalue weighted by Crippen LogP contribution is -2.36. The lowest BCUT2D eigenvalue weighted by atomic mass is 10.00. The van der Waals surface area contributed by atoms with Crippen LogP contribution in [0.1, 0.15) is 22.7 Å². The Morgan fingerprint density at radius 3 is 2.62 bits per heavy atom. The molecule has 0 aromatic heterocycles. The topological polar surface area (TPSA) is 41.6 Å². The number of benzene rings is 2. The molecular formula is C17H18ClN3. The molecule has 3 nitrogen and oxygen atoms in total. The maximum atomic E-state index is 6.33. The van der Waals surface area contributed by atoms with Gasteiger partial charge in [-0.3, -0.25) is 4.99 Å². The van der Waals surface area contributed by atoms with Crippen LogP contribution in [0.25, 0.3) is 0 Å². The van der Waals surface area contributed by atoms with Crippen molar-refractivity contribution < 1.29 is 0 Å². The first-order valence-electron chi connectivity index (χ1n) is 6.99. The molecule has 2 aromatic carbocycles. The quantitative estimate of drug-likeness (QED) is 0.915. The van der Waals surface area contributed by atoms with Gasteiger partial charge in [-0.1, -0.05) is 41.9 Å². The van der Waals surface area contributed by atoms with Crippen LogP contribution in [0.15, 0.2) is 47.5 Å². The molecule has 21 heavy (non-hydrogen) atoms. The third-order valence-corrected chi connectivity index (χ3v) is 4.33. The van der Waals surface area contributed by atoms with Gasteiger partial charge >= 0.3 is 0 Å². The lowest BCUT2D eigenvalue weighted by molar-refractivity contribution is 0.767. The minimum absolute atomic E-state index is 0.101. The molecule has 1 aliphatic heterocycles. The summed E-state index contributed by atoms with van der Waals surface area (Å²) in [6, 6.07) is 14.3. The lowest BCUT2D eigenvalue weighted by Gasteiger charge is -2.27. The van der Waals surface area contributed by atoms with Crippen LogP contribution in [-0.2, 0) is 0 Å². The molecule has 0 saturated carbocycles. The predicted octanol–water partition coefficient (Wildman–Crippen LogP) is 3.83. The molecule has 2 aromatic rings. The third kappa shape index (κ3) is 2.49. The largest absolute Gasteiger partial charge is 0.369 e. The SMILES string of the molecule is Cc1ccc(C2CN=C(N)N2c2ccccc2Cl)cc1C. The van der Waals surface area contributed by atoms with Gasteiger partial charge in [0.1, 0.15) is 0 Å². The summed E-state index contributed by atoms with van der Waals surface area (Å²) in [7, 11) is 0. The summed E-state index contributed by atoms with van der Waals surface area (Å²) in [6.45, 7) is 4.89. The van der Waals surface area contributed by atoms with Gasteiger partial charge < -0.3 is 10.6 Å². The Kier molecular flexibility index (Phi) is 3.60. The van der Waals surface area contributed by atoms with Gasteiger partial charge in [0.15, 0.2) is 5.96 Å². The van der Waals surface area contributed by atoms with E-state index in [-0.39, 0.29) is 6.04 Å². The second-order valence-corrected chi connectivity index (χ2v) is 5.79. The van der Waals surface area contributed by atoms with Gasteiger partial charge in [-0.25, -0.2) is 0 Å². The molecule has 0 amide bonds. The average molecular weight is 300 g/mol. The van der Waals surface area contributed by atoms with Crippen molar-refractivity contribution in [3.05, 3.63) is 64.2 Å². The minimum atomic E-state index is 0.101. The molecule has 1 unspecified atom stereocenters. The summed E-state index contributed by atoms with van der Waals surface area (Å²) in [5.41, 5.74) is 10.8. The predicted molar refractivity (Wildman–Crippen MR) is 89.1 cm³/mol. The second kappa shape index (κ2) is 5.41. The Bertz CT molecular complexity index is 709. The van der Waals surface area contributed by atoms with Crippen molar-refractivity contribution in [2.24, 2.45) is 10.7 Å². The molecule has 0 bridgehead atoms. The van der Waals surface area contributed by atoms with Crippen molar-refractivity contribution in [3.63, 3.8) is 0 Å². The molecule has 0 saturated heterocycles. The standard InChI is InChI=1S/C17H18ClN3/c1-11-7-8-13(9-12(11)2)16-10-20-17(19)21(16)15-6-4-3-5-14(15)18/h3-9,16H,10H2,1-2H3,(H2,19,20). The fourth-order valence-corrected chi connectivity index (χ4v) is 2.89. The van der Waals surface area contributed by atoms with Gasteiger partial charge in [0, 0.05) is 0 Å². The number of nitrogens with two attached hydrogens (primary N) is 1. The molecule has 3 rings (SSSR count). The maximum Gasteiger partial charge on any atom is 0.196 e. The van der Waals surface area contributed by atoms with Crippen molar-refractivity contribution in [2.75, 3.05) is 11.4 Å². The zero-order valence-electron chi connectivity index (χ0n) is 12.2. The average Bonchev–Trinajstić information content (AvgIpc) is 2.84. The molecule has 2 N–H and O–H groups in total. The van der Waals surface area contributed by atoms with E-state index in [1.54, 1.807) is 0 Å². The Morgan fingerprint density at radius 2 is 1.90 bits per heavy atom. The number of rotatable bonds is 2. The van der Waals surface area contributed by atoms with Gasteiger partial charge in [0.25, 0.3) is 0 Å². The van der Waals surface area contributed by atoms with Gasteiger partial charge in [0.05, 0.1) is 23.3 Å². The summed E-state index contributed by atoms with van der Waals surface area (Å²) in [6.07, 6.45) is 0. The number of aryl methyl sites for hydroxylation is 2. The van der Waals surface area contributed by atoms with E-state index in [0.717, 1.165) is 5.69 Å². The number of halogens is 1. The van der Waals surface area contributed by atoms with Crippen LogP contribution in [0.5, 0.6) is 0 Å². The van der Waals surface area contributed by atoms with Crippen LogP contribution in [0.4, 0.5) is 5.69 Å². The van der Waals surface area contributed by atoms with Gasteiger partial charge in [0.2, 0.25) is 0 Å². The highest BCUT2D eigenvalue weighted by molar-refractivity contribution is 6.33. The van der Waals surface area contributed by atoms with Crippen LogP contribution in [0, 0.1) is 13.8 Å². The van der Waals surface area contributed by atoms with E-state index in [0.29, 0.717) is 17.5 Å². The fourth-order valence-electron chi connectivity index (χ4n) is 2.66. The maximum absolute atomic E-state index is 6.33. The number of hydrogen-bond donors (Lipinski definition) is 1. The van der Waals surface area contributed by atoms with Crippen molar-refractivity contribution in [2.45, 2.75) is 19.9 Å². The molecule has 0 spiro atoms. The van der Waals surface area contributed by atoms with E-state index in [4.69, 9.17) is 17.3 Å². The van der Waals surface area contributed by atoms with Crippen molar-refractivity contribution in [3.8, 4) is 0 Å². The Balaban J connectivity index is 2.03. The van der Waals surface area contributed by atoms with E-state index < -0.39 is 0 Å². The molecule has 0 fully saturated rings. The number of hydrogen-bond acceptors (Lipinski definition) is 3. The van der Waals surface area contributed by atoms with Crippen LogP contribution in [0.3, 0.4) is 0 Å². The molecule has 108 valence electrons. The smallest absolute Gasteiger partial charge is 0.196 e. The molecule has 1 aliphatic rings. The number of guanidine groups is 1. The Hall–Kier alpha value is -2.00. The van der Waals surface area contributed by atoms with Gasteiger partial charge in [-0.15, -0.1) is 0 Å². The Morgan fingerprint density at radius 1 is 1.14 bits per heavy atom. The monoisotopic (exact) mass is 299 g/mol. The van der Waals surface area contributed by atoms with Gasteiger partial charge in [-0.2, -0.15) is 0 Å². The van der Waals surface area contributed by atoms with Crippen LogP contribution in [0.2, 0.25) is 5.02 Å². The molecular weight excluding hydrogens is 282 g/mol. The fraction of sp³-hybridized carbons (Fsp3) is 0.235. The summed E-state index contributed by atoms with van der Waals surface area (Å²) < 4.78 is 0. The zero-order valence-corrected chi connectivity index (χ0v) is 12.9. The third-order valence-electron chi connectivity index (χ3n) is 4.01. The zero-order chi connectivity index (χ0) is 15.0. The van der Waals surface area contributed by atoms with Crippen molar-refractivity contribution in [1.29, 1.82) is 0 Å². The van der Waals surface area contributed by atoms with Crippen molar-refractivity contribution in [1.82, 2.24) is 0 Å². The van der Waals surface area contributed by atoms with Crippen molar-refractivity contribution >= 4 is 23.2 Å². The molecule has 1 atom stereocenters. The number of nitrogens with zero attached hydrogens (tertiary/aromatic N) is 2. The number of anilines is 1. The summed E-state index contributed by atoms with van der Waals surface area (Å²) >= 11 is 6.33. The molecule has 0 aliphatic carbocycles. The highest BCUT2D eigenvalue weighted by Crippen LogP contribution is 2.35. The van der Waals surface area contributed by atoms with Crippen LogP contribution >= 0.6 is 11.6 Å². The van der Waals surface area contributed by atoms with E-state index in [1.807, 2.05) is 29.2 Å². The second-order valence-electron chi connectivity index (χ2n) is 5.38. The summed E-state index contributed by atoms with van der Waals surface area (Å²) in [5.74, 6) is 0.520. The van der Waals surface area contributed by atoms with Crippen LogP contribution < -0.4 is 10.6 Å². The number of aliphatic imine (C=N–C) groups is 1. The summed E-state index contributed by atoms with van der Waals surface area (Å²) in [5, 5.41) is 0.686. The molecule has 1 heterocycles. The van der Waals surface area contributed by atoms with Gasteiger partial charge in [-0.05, 0) is 42.7 Å². The first kappa shape index (κ1) is 14.0. The van der Waals surface area contributed by atoms with E-state index in [1.165, 1.54) is 16.7 Å². The minimum Gasteiger partial charge on any atom is -0.369 e. The highest BCUT2D eigenvalue weighted by Gasteiger charge is 2.30. The van der Waals surface area contributed by atoms with E-state index in [9.17, 15) is 0 Å². The normalized spacial score (nSPS) is 18.0. The number of para-hydroxylation sites is 1. The highest BCUT2D eigenvalue weighted by atomic mass is 35.5. The van der Waals surface area contributed by atoms with E-state index >= 15 is 0 Å². The first-order chi connectivity index (χ1) is 10.1. The summed E-state index contributed by atoms with van der Waals surface area (Å²) in [4.78, 5) is 6.43. The molecule has 0 radical (unpaired) electrons.